The van der Waals surface area contributed by atoms with Gasteiger partial charge >= 0.3 is 0 Å². The van der Waals surface area contributed by atoms with Crippen molar-refractivity contribution in [2.45, 2.75) is 18.9 Å². The normalized spacial score (nSPS) is 21.7. The van der Waals surface area contributed by atoms with Gasteiger partial charge in [0.25, 0.3) is 0 Å². The molecule has 1 atom stereocenters. The number of rotatable bonds is 2. The van der Waals surface area contributed by atoms with Crippen molar-refractivity contribution in [3.63, 3.8) is 0 Å². The van der Waals surface area contributed by atoms with Gasteiger partial charge in [-0.3, -0.25) is 4.90 Å². The Morgan fingerprint density at radius 1 is 1.10 bits per heavy atom. The zero-order chi connectivity index (χ0) is 14.8. The lowest BCUT2D eigenvalue weighted by molar-refractivity contribution is 0.133. The minimum absolute atomic E-state index is 0.101. The molecule has 0 saturated carbocycles. The molecule has 0 radical (unpaired) electrons. The maximum atomic E-state index is 9.64. The molecule has 0 bridgehead atoms. The number of hydrogen-bond donors (Lipinski definition) is 0. The summed E-state index contributed by atoms with van der Waals surface area (Å²) >= 11 is 0. The zero-order valence-corrected chi connectivity index (χ0v) is 13.0. The molecule has 0 amide bonds. The van der Waals surface area contributed by atoms with E-state index < -0.39 is 0 Å². The fourth-order valence-corrected chi connectivity index (χ4v) is 3.42. The summed E-state index contributed by atoms with van der Waals surface area (Å²) in [6.07, 6.45) is 2.34. The lowest BCUT2D eigenvalue weighted by Crippen LogP contribution is -2.45. The number of fused-ring (bicyclic) bond motifs is 1. The first-order chi connectivity index (χ1) is 10.2. The highest BCUT2D eigenvalue weighted by Crippen LogP contribution is 2.30. The first kappa shape index (κ1) is 14.4. The van der Waals surface area contributed by atoms with Gasteiger partial charge in [0.1, 0.15) is 6.04 Å². The topological polar surface area (TPSA) is 33.5 Å². The third-order valence-electron chi connectivity index (χ3n) is 4.80. The van der Waals surface area contributed by atoms with Gasteiger partial charge in [-0.05, 0) is 37.1 Å². The van der Waals surface area contributed by atoms with Crippen LogP contribution in [0.25, 0.3) is 0 Å². The van der Waals surface area contributed by atoms with E-state index in [1.807, 2.05) is 0 Å². The van der Waals surface area contributed by atoms with Gasteiger partial charge in [-0.2, -0.15) is 5.26 Å². The van der Waals surface area contributed by atoms with Gasteiger partial charge in [0.15, 0.2) is 0 Å². The predicted molar refractivity (Wildman–Crippen MR) is 85.5 cm³/mol. The smallest absolute Gasteiger partial charge is 0.123 e. The zero-order valence-electron chi connectivity index (χ0n) is 13.0. The molecule has 1 unspecified atom stereocenters. The fraction of sp³-hybridized carbons (Fsp3) is 0.588. The number of nitrogens with zero attached hydrogens (tertiary/aromatic N) is 4. The molecular weight excluding hydrogens is 260 g/mol. The summed E-state index contributed by atoms with van der Waals surface area (Å²) in [5.41, 5.74) is 3.90. The maximum Gasteiger partial charge on any atom is 0.123 e. The molecule has 112 valence electrons. The molecule has 2 aliphatic rings. The summed E-state index contributed by atoms with van der Waals surface area (Å²) in [4.78, 5) is 6.96. The third kappa shape index (κ3) is 2.90. The summed E-state index contributed by atoms with van der Waals surface area (Å²) in [5, 5.41) is 9.64. The third-order valence-corrected chi connectivity index (χ3v) is 4.80. The van der Waals surface area contributed by atoms with Crippen molar-refractivity contribution >= 4 is 5.69 Å². The van der Waals surface area contributed by atoms with Crippen LogP contribution in [0.15, 0.2) is 18.2 Å². The average molecular weight is 284 g/mol. The molecule has 2 heterocycles. The van der Waals surface area contributed by atoms with Gasteiger partial charge in [0.2, 0.25) is 0 Å². The quantitative estimate of drug-likeness (QED) is 0.830. The van der Waals surface area contributed by atoms with Crippen LogP contribution in [0.4, 0.5) is 5.69 Å². The molecule has 3 rings (SSSR count). The molecule has 0 N–H and O–H groups in total. The summed E-state index contributed by atoms with van der Waals surface area (Å²) in [5.74, 6) is 0. The van der Waals surface area contributed by atoms with Crippen molar-refractivity contribution in [2.75, 3.05) is 51.7 Å². The largest absolute Gasteiger partial charge is 0.374 e. The molecule has 0 aromatic heterocycles. The van der Waals surface area contributed by atoms with Crippen LogP contribution in [0.5, 0.6) is 0 Å². The number of anilines is 1. The molecule has 1 aromatic rings. The number of aryl methyl sites for hydroxylation is 1. The van der Waals surface area contributed by atoms with Crippen molar-refractivity contribution in [3.8, 4) is 6.07 Å². The molecule has 1 aromatic carbocycles. The van der Waals surface area contributed by atoms with Gasteiger partial charge in [0.05, 0.1) is 6.07 Å². The van der Waals surface area contributed by atoms with E-state index in [4.69, 9.17) is 0 Å². The number of nitriles is 1. The second-order valence-electron chi connectivity index (χ2n) is 6.28. The van der Waals surface area contributed by atoms with Gasteiger partial charge in [0, 0.05) is 45.5 Å². The molecule has 1 fully saturated rings. The summed E-state index contributed by atoms with van der Waals surface area (Å²) in [7, 11) is 4.30. The minimum atomic E-state index is -0.101. The van der Waals surface area contributed by atoms with Crippen molar-refractivity contribution < 1.29 is 0 Å². The SMILES string of the molecule is CN1CCN(C(C#N)c2ccc3c(c2)CCCN3C)CC1. The van der Waals surface area contributed by atoms with Crippen LogP contribution in [-0.2, 0) is 6.42 Å². The summed E-state index contributed by atoms with van der Waals surface area (Å²) in [6.45, 7) is 5.18. The Bertz CT molecular complexity index is 540. The van der Waals surface area contributed by atoms with Gasteiger partial charge in [-0.15, -0.1) is 0 Å². The van der Waals surface area contributed by atoms with E-state index in [2.05, 4.69) is 53.1 Å². The van der Waals surface area contributed by atoms with Crippen molar-refractivity contribution in [1.82, 2.24) is 9.80 Å². The van der Waals surface area contributed by atoms with E-state index in [9.17, 15) is 5.26 Å². The molecular formula is C17H24N4. The van der Waals surface area contributed by atoms with Crippen LogP contribution in [-0.4, -0.2) is 56.6 Å². The Balaban J connectivity index is 1.83. The number of hydrogen-bond acceptors (Lipinski definition) is 4. The van der Waals surface area contributed by atoms with Crippen molar-refractivity contribution in [3.05, 3.63) is 29.3 Å². The Kier molecular flexibility index (Phi) is 4.14. The standard InChI is InChI=1S/C17H24N4/c1-19-8-10-21(11-9-19)17(13-18)15-5-6-16-14(12-15)4-3-7-20(16)2/h5-6,12,17H,3-4,7-11H2,1-2H3. The second-order valence-corrected chi connectivity index (χ2v) is 6.28. The molecule has 1 saturated heterocycles. The summed E-state index contributed by atoms with van der Waals surface area (Å²) in [6, 6.07) is 9.02. The minimum Gasteiger partial charge on any atom is -0.374 e. The molecule has 0 aliphatic carbocycles. The van der Waals surface area contributed by atoms with Crippen LogP contribution in [0.1, 0.15) is 23.6 Å². The highest BCUT2D eigenvalue weighted by Gasteiger charge is 2.25. The highest BCUT2D eigenvalue weighted by atomic mass is 15.3. The first-order valence-corrected chi connectivity index (χ1v) is 7.85. The van der Waals surface area contributed by atoms with E-state index in [1.165, 1.54) is 17.7 Å². The van der Waals surface area contributed by atoms with Crippen LogP contribution >= 0.6 is 0 Å². The van der Waals surface area contributed by atoms with E-state index in [1.54, 1.807) is 0 Å². The predicted octanol–water partition coefficient (Wildman–Crippen LogP) is 1.88. The Hall–Kier alpha value is -1.57. The van der Waals surface area contributed by atoms with Gasteiger partial charge < -0.3 is 9.80 Å². The first-order valence-electron chi connectivity index (χ1n) is 7.85. The Morgan fingerprint density at radius 3 is 2.57 bits per heavy atom. The average Bonchev–Trinajstić information content (AvgIpc) is 2.50. The Labute approximate surface area is 127 Å². The summed E-state index contributed by atoms with van der Waals surface area (Å²) < 4.78 is 0. The monoisotopic (exact) mass is 284 g/mol. The van der Waals surface area contributed by atoms with Crippen molar-refractivity contribution in [1.29, 1.82) is 5.26 Å². The van der Waals surface area contributed by atoms with Crippen LogP contribution in [0.2, 0.25) is 0 Å². The lowest BCUT2D eigenvalue weighted by atomic mass is 9.96. The maximum absolute atomic E-state index is 9.64. The second kappa shape index (κ2) is 6.05. The lowest BCUT2D eigenvalue weighted by Gasteiger charge is -2.36. The van der Waals surface area contributed by atoms with E-state index in [0.29, 0.717) is 0 Å². The van der Waals surface area contributed by atoms with E-state index >= 15 is 0 Å². The van der Waals surface area contributed by atoms with E-state index in [0.717, 1.165) is 44.7 Å². The van der Waals surface area contributed by atoms with Gasteiger partial charge in [-0.25, -0.2) is 0 Å². The van der Waals surface area contributed by atoms with Gasteiger partial charge in [-0.1, -0.05) is 12.1 Å². The van der Waals surface area contributed by atoms with E-state index in [-0.39, 0.29) is 6.04 Å². The van der Waals surface area contributed by atoms with Crippen molar-refractivity contribution in [2.24, 2.45) is 0 Å². The highest BCUT2D eigenvalue weighted by molar-refractivity contribution is 5.56. The van der Waals surface area contributed by atoms with Crippen LogP contribution in [0.3, 0.4) is 0 Å². The number of benzene rings is 1. The Morgan fingerprint density at radius 2 is 1.86 bits per heavy atom. The molecule has 4 heteroatoms. The number of piperazine rings is 1. The van der Waals surface area contributed by atoms with Crippen LogP contribution in [0, 0.1) is 11.3 Å². The van der Waals surface area contributed by atoms with Crippen LogP contribution < -0.4 is 4.90 Å². The molecule has 21 heavy (non-hydrogen) atoms. The molecule has 4 nitrogen and oxygen atoms in total. The molecule has 0 spiro atoms. The number of likely N-dealkylation sites (N-methyl/N-ethyl adjacent to an activating group) is 1. The molecule has 2 aliphatic heterocycles. The fourth-order valence-electron chi connectivity index (χ4n) is 3.42.